The molecule has 0 radical (unpaired) electrons. The van der Waals surface area contributed by atoms with Crippen molar-refractivity contribution in [2.24, 2.45) is 0 Å². The predicted octanol–water partition coefficient (Wildman–Crippen LogP) is 3.30. The van der Waals surface area contributed by atoms with Gasteiger partial charge in [-0.15, -0.1) is 0 Å². The molecule has 3 heterocycles. The van der Waals surface area contributed by atoms with E-state index in [1.807, 2.05) is 6.20 Å². The molecule has 0 fully saturated rings. The van der Waals surface area contributed by atoms with Crippen molar-refractivity contribution in [2.45, 2.75) is 57.1 Å². The van der Waals surface area contributed by atoms with E-state index in [9.17, 15) is 8.42 Å². The van der Waals surface area contributed by atoms with Crippen LogP contribution in [0, 0.1) is 0 Å². The average molecular weight is 360 g/mol. The van der Waals surface area contributed by atoms with Crippen molar-refractivity contribution in [1.82, 2.24) is 9.55 Å². The van der Waals surface area contributed by atoms with Crippen LogP contribution in [0.5, 0.6) is 5.75 Å². The molecular formula is C19H24N2O3S. The summed E-state index contributed by atoms with van der Waals surface area (Å²) in [7, 11) is -3.24. The fraction of sp³-hybridized carbons (Fsp3) is 0.526. The van der Waals surface area contributed by atoms with Crippen molar-refractivity contribution >= 4 is 9.84 Å². The Hall–Kier alpha value is -1.82. The Morgan fingerprint density at radius 2 is 1.96 bits per heavy atom. The van der Waals surface area contributed by atoms with Crippen molar-refractivity contribution in [1.29, 1.82) is 0 Å². The normalized spacial score (nSPS) is 20.2. The van der Waals surface area contributed by atoms with E-state index in [4.69, 9.17) is 4.74 Å². The molecule has 0 saturated carbocycles. The second-order valence-corrected chi connectivity index (χ2v) is 10.7. The highest BCUT2D eigenvalue weighted by atomic mass is 32.2. The van der Waals surface area contributed by atoms with Crippen LogP contribution in [0.3, 0.4) is 0 Å². The highest BCUT2D eigenvalue weighted by molar-refractivity contribution is 7.91. The molecule has 0 saturated heterocycles. The van der Waals surface area contributed by atoms with Gasteiger partial charge in [-0.3, -0.25) is 0 Å². The molecule has 2 aliphatic rings. The summed E-state index contributed by atoms with van der Waals surface area (Å²) in [4.78, 5) is 4.44. The van der Waals surface area contributed by atoms with Crippen LogP contribution in [0.1, 0.15) is 45.7 Å². The highest BCUT2D eigenvalue weighted by Crippen LogP contribution is 2.46. The molecule has 4 rings (SSSR count). The molecule has 0 spiro atoms. The fourth-order valence-corrected chi connectivity index (χ4v) is 4.94. The van der Waals surface area contributed by atoms with Gasteiger partial charge in [0.05, 0.1) is 18.1 Å². The molecule has 134 valence electrons. The van der Waals surface area contributed by atoms with Gasteiger partial charge in [-0.25, -0.2) is 13.4 Å². The minimum absolute atomic E-state index is 0.0696. The topological polar surface area (TPSA) is 61.2 Å². The molecule has 0 aliphatic carbocycles. The number of nitrogens with zero attached hydrogens (tertiary/aromatic N) is 2. The zero-order valence-corrected chi connectivity index (χ0v) is 16.2. The number of hydrogen-bond acceptors (Lipinski definition) is 4. The van der Waals surface area contributed by atoms with Gasteiger partial charge in [0.1, 0.15) is 5.75 Å². The van der Waals surface area contributed by atoms with Gasteiger partial charge in [-0.1, -0.05) is 34.6 Å². The SMILES string of the molecule is CC(C)(C)c1cc(-c2cn3c(n2)S(=O)(=O)CC3)cc2c1OCC2(C)C. The summed E-state index contributed by atoms with van der Waals surface area (Å²) < 4.78 is 32.0. The molecule has 0 N–H and O–H groups in total. The van der Waals surface area contributed by atoms with Crippen LogP contribution in [0.2, 0.25) is 0 Å². The van der Waals surface area contributed by atoms with Gasteiger partial charge in [0, 0.05) is 34.8 Å². The zero-order valence-electron chi connectivity index (χ0n) is 15.4. The Kier molecular flexibility index (Phi) is 3.24. The molecule has 0 unspecified atom stereocenters. The van der Waals surface area contributed by atoms with Crippen molar-refractivity contribution < 1.29 is 13.2 Å². The van der Waals surface area contributed by atoms with Crippen molar-refractivity contribution in [3.63, 3.8) is 0 Å². The van der Waals surface area contributed by atoms with Crippen LogP contribution in [-0.2, 0) is 27.2 Å². The maximum atomic E-state index is 12.1. The molecule has 1 aromatic heterocycles. The van der Waals surface area contributed by atoms with Crippen LogP contribution < -0.4 is 4.74 Å². The summed E-state index contributed by atoms with van der Waals surface area (Å²) in [6.07, 6.45) is 1.86. The van der Waals surface area contributed by atoms with E-state index in [0.29, 0.717) is 18.8 Å². The first-order valence-corrected chi connectivity index (χ1v) is 10.3. The monoisotopic (exact) mass is 360 g/mol. The quantitative estimate of drug-likeness (QED) is 0.783. The Morgan fingerprint density at radius 3 is 2.60 bits per heavy atom. The van der Waals surface area contributed by atoms with E-state index in [2.05, 4.69) is 51.7 Å². The maximum Gasteiger partial charge on any atom is 0.228 e. The van der Waals surface area contributed by atoms with Crippen LogP contribution in [0.15, 0.2) is 23.5 Å². The molecule has 0 amide bonds. The second kappa shape index (κ2) is 4.87. The third-order valence-corrected chi connectivity index (χ3v) is 6.72. The number of aromatic nitrogens is 2. The van der Waals surface area contributed by atoms with E-state index in [-0.39, 0.29) is 21.7 Å². The summed E-state index contributed by atoms with van der Waals surface area (Å²) in [5.41, 5.74) is 3.84. The Labute approximate surface area is 149 Å². The van der Waals surface area contributed by atoms with Gasteiger partial charge < -0.3 is 9.30 Å². The summed E-state index contributed by atoms with van der Waals surface area (Å²) in [5.74, 6) is 1.12. The molecule has 2 aromatic rings. The average Bonchev–Trinajstić information content (AvgIpc) is 3.13. The van der Waals surface area contributed by atoms with Gasteiger partial charge in [-0.05, 0) is 17.5 Å². The fourth-order valence-electron chi connectivity index (χ4n) is 3.58. The minimum atomic E-state index is -3.24. The van der Waals surface area contributed by atoms with Crippen LogP contribution in [-0.4, -0.2) is 30.3 Å². The lowest BCUT2D eigenvalue weighted by Gasteiger charge is -2.24. The number of imidazole rings is 1. The third-order valence-electron chi connectivity index (χ3n) is 5.12. The molecule has 5 nitrogen and oxygen atoms in total. The van der Waals surface area contributed by atoms with E-state index >= 15 is 0 Å². The summed E-state index contributed by atoms with van der Waals surface area (Å²) in [5, 5.41) is 0.191. The molecular weight excluding hydrogens is 336 g/mol. The van der Waals surface area contributed by atoms with E-state index < -0.39 is 9.84 Å². The zero-order chi connectivity index (χ0) is 18.2. The molecule has 6 heteroatoms. The van der Waals surface area contributed by atoms with Crippen LogP contribution >= 0.6 is 0 Å². The highest BCUT2D eigenvalue weighted by Gasteiger charge is 2.37. The molecule has 0 atom stereocenters. The molecule has 0 bridgehead atoms. The number of aryl methyl sites for hydroxylation is 1. The third kappa shape index (κ3) is 2.49. The Bertz CT molecular complexity index is 979. The number of rotatable bonds is 1. The maximum absolute atomic E-state index is 12.1. The lowest BCUT2D eigenvalue weighted by atomic mass is 9.79. The number of sulfone groups is 1. The first-order chi connectivity index (χ1) is 11.5. The van der Waals surface area contributed by atoms with E-state index in [1.165, 1.54) is 5.56 Å². The van der Waals surface area contributed by atoms with Gasteiger partial charge in [-0.2, -0.15) is 0 Å². The minimum Gasteiger partial charge on any atom is -0.492 e. The Balaban J connectivity index is 1.93. The first kappa shape index (κ1) is 16.6. The largest absolute Gasteiger partial charge is 0.492 e. The van der Waals surface area contributed by atoms with E-state index in [1.54, 1.807) is 4.57 Å². The molecule has 2 aliphatic heterocycles. The van der Waals surface area contributed by atoms with Gasteiger partial charge >= 0.3 is 0 Å². The summed E-state index contributed by atoms with van der Waals surface area (Å²) in [6.45, 7) is 12.0. The number of ether oxygens (including phenoxy) is 1. The van der Waals surface area contributed by atoms with Gasteiger partial charge in [0.15, 0.2) is 0 Å². The molecule has 25 heavy (non-hydrogen) atoms. The summed E-state index contributed by atoms with van der Waals surface area (Å²) in [6, 6.07) is 4.22. The standard InChI is InChI=1S/C19H24N2O3S/c1-18(2,3)13-8-12(9-14-16(13)24-11-19(14,4)5)15-10-21-6-7-25(22,23)17(21)20-15/h8-10H,6-7,11H2,1-5H3. The summed E-state index contributed by atoms with van der Waals surface area (Å²) >= 11 is 0. The van der Waals surface area contributed by atoms with Crippen LogP contribution in [0.25, 0.3) is 11.3 Å². The van der Waals surface area contributed by atoms with Crippen molar-refractivity contribution in [3.05, 3.63) is 29.5 Å². The number of fused-ring (bicyclic) bond motifs is 2. The van der Waals surface area contributed by atoms with Gasteiger partial charge in [0.2, 0.25) is 15.0 Å². The molecule has 1 aromatic carbocycles. The van der Waals surface area contributed by atoms with E-state index in [0.717, 1.165) is 16.9 Å². The van der Waals surface area contributed by atoms with Gasteiger partial charge in [0.25, 0.3) is 0 Å². The first-order valence-electron chi connectivity index (χ1n) is 8.61. The second-order valence-electron chi connectivity index (χ2n) is 8.74. The van der Waals surface area contributed by atoms with Crippen molar-refractivity contribution in [2.75, 3.05) is 12.4 Å². The number of benzene rings is 1. The lowest BCUT2D eigenvalue weighted by molar-refractivity contribution is 0.286. The predicted molar refractivity (Wildman–Crippen MR) is 96.9 cm³/mol. The van der Waals surface area contributed by atoms with Crippen LogP contribution in [0.4, 0.5) is 0 Å². The lowest BCUT2D eigenvalue weighted by Crippen LogP contribution is -2.18. The smallest absolute Gasteiger partial charge is 0.228 e. The number of hydrogen-bond donors (Lipinski definition) is 0. The van der Waals surface area contributed by atoms with Crippen molar-refractivity contribution in [3.8, 4) is 17.0 Å². The Morgan fingerprint density at radius 1 is 1.24 bits per heavy atom.